The first-order valence-electron chi connectivity index (χ1n) is 6.08. The molecule has 2 atom stereocenters. The molecule has 0 heterocycles. The predicted molar refractivity (Wildman–Crippen MR) is 70.2 cm³/mol. The normalized spacial score (nSPS) is 14.7. The Hall–Kier alpha value is -1.06. The van der Waals surface area contributed by atoms with Crippen LogP contribution in [0.25, 0.3) is 0 Å². The van der Waals surface area contributed by atoms with Gasteiger partial charge in [-0.25, -0.2) is 0 Å². The van der Waals surface area contributed by atoms with E-state index in [0.29, 0.717) is 0 Å². The lowest BCUT2D eigenvalue weighted by atomic mass is 10.0. The summed E-state index contributed by atoms with van der Waals surface area (Å²) in [6.07, 6.45) is 1.09. The van der Waals surface area contributed by atoms with Crippen LogP contribution in [0.15, 0.2) is 24.3 Å². The fraction of sp³-hybridized carbons (Fsp3) is 0.571. The van der Waals surface area contributed by atoms with Crippen molar-refractivity contribution >= 4 is 0 Å². The maximum absolute atomic E-state index is 6.19. The molecule has 1 aromatic carbocycles. The average molecular weight is 237 g/mol. The van der Waals surface area contributed by atoms with E-state index in [4.69, 9.17) is 15.2 Å². The molecule has 3 heteroatoms. The third-order valence-corrected chi connectivity index (χ3v) is 2.67. The fourth-order valence-corrected chi connectivity index (χ4v) is 1.73. The van der Waals surface area contributed by atoms with Gasteiger partial charge < -0.3 is 15.2 Å². The molecule has 0 aliphatic rings. The van der Waals surface area contributed by atoms with Crippen molar-refractivity contribution in [1.29, 1.82) is 0 Å². The third-order valence-electron chi connectivity index (χ3n) is 2.67. The molecule has 0 saturated heterocycles. The van der Waals surface area contributed by atoms with Crippen molar-refractivity contribution in [1.82, 2.24) is 0 Å². The summed E-state index contributed by atoms with van der Waals surface area (Å²) in [4.78, 5) is 0. The topological polar surface area (TPSA) is 44.5 Å². The van der Waals surface area contributed by atoms with Gasteiger partial charge in [-0.3, -0.25) is 0 Å². The lowest BCUT2D eigenvalue weighted by Crippen LogP contribution is -2.19. The molecule has 0 bridgehead atoms. The molecule has 2 unspecified atom stereocenters. The maximum Gasteiger partial charge on any atom is 0.124 e. The molecule has 1 aromatic rings. The monoisotopic (exact) mass is 237 g/mol. The van der Waals surface area contributed by atoms with Crippen LogP contribution in [0, 0.1) is 0 Å². The molecule has 0 saturated carbocycles. The standard InChI is InChI=1S/C14H23NO2/c1-10(2)17-14-8-6-5-7-12(14)13(15)9-11(3)16-4/h5-8,10-11,13H,9,15H2,1-4H3. The lowest BCUT2D eigenvalue weighted by Gasteiger charge is -2.20. The van der Waals surface area contributed by atoms with E-state index < -0.39 is 0 Å². The number of hydrogen-bond donors (Lipinski definition) is 1. The van der Waals surface area contributed by atoms with Crippen LogP contribution in [0.1, 0.15) is 38.8 Å². The van der Waals surface area contributed by atoms with E-state index in [1.807, 2.05) is 45.0 Å². The predicted octanol–water partition coefficient (Wildman–Crippen LogP) is 2.90. The first-order valence-corrected chi connectivity index (χ1v) is 6.08. The molecule has 1 rings (SSSR count). The van der Waals surface area contributed by atoms with Crippen molar-refractivity contribution in [2.24, 2.45) is 5.73 Å². The van der Waals surface area contributed by atoms with E-state index in [1.165, 1.54) is 0 Å². The third kappa shape index (κ3) is 4.36. The van der Waals surface area contributed by atoms with Gasteiger partial charge in [0.1, 0.15) is 5.75 Å². The second kappa shape index (κ2) is 6.62. The zero-order valence-corrected chi connectivity index (χ0v) is 11.1. The minimum absolute atomic E-state index is 0.0556. The van der Waals surface area contributed by atoms with Crippen LogP contribution < -0.4 is 10.5 Å². The number of hydrogen-bond acceptors (Lipinski definition) is 3. The number of methoxy groups -OCH3 is 1. The number of ether oxygens (including phenoxy) is 2. The largest absolute Gasteiger partial charge is 0.491 e. The van der Waals surface area contributed by atoms with E-state index in [9.17, 15) is 0 Å². The lowest BCUT2D eigenvalue weighted by molar-refractivity contribution is 0.104. The highest BCUT2D eigenvalue weighted by atomic mass is 16.5. The van der Waals surface area contributed by atoms with E-state index in [-0.39, 0.29) is 18.2 Å². The van der Waals surface area contributed by atoms with Crippen molar-refractivity contribution in [3.8, 4) is 5.75 Å². The summed E-state index contributed by atoms with van der Waals surface area (Å²) in [6.45, 7) is 6.05. The summed E-state index contributed by atoms with van der Waals surface area (Å²) in [5.74, 6) is 0.873. The summed E-state index contributed by atoms with van der Waals surface area (Å²) >= 11 is 0. The maximum atomic E-state index is 6.19. The molecule has 0 amide bonds. The van der Waals surface area contributed by atoms with Gasteiger partial charge in [-0.05, 0) is 33.3 Å². The van der Waals surface area contributed by atoms with Crippen LogP contribution in [0.3, 0.4) is 0 Å². The molecule has 17 heavy (non-hydrogen) atoms. The van der Waals surface area contributed by atoms with Crippen molar-refractivity contribution in [3.05, 3.63) is 29.8 Å². The summed E-state index contributed by atoms with van der Waals surface area (Å²) in [6, 6.07) is 7.88. The fourth-order valence-electron chi connectivity index (χ4n) is 1.73. The molecule has 0 aliphatic heterocycles. The van der Waals surface area contributed by atoms with Gasteiger partial charge in [-0.2, -0.15) is 0 Å². The Bertz CT molecular complexity index is 339. The van der Waals surface area contributed by atoms with Crippen molar-refractivity contribution in [2.45, 2.75) is 45.4 Å². The SMILES string of the molecule is COC(C)CC(N)c1ccccc1OC(C)C. The van der Waals surface area contributed by atoms with Crippen LogP contribution in [0.2, 0.25) is 0 Å². The van der Waals surface area contributed by atoms with Crippen molar-refractivity contribution in [3.63, 3.8) is 0 Å². The smallest absolute Gasteiger partial charge is 0.124 e. The van der Waals surface area contributed by atoms with Gasteiger partial charge in [0.2, 0.25) is 0 Å². The molecule has 0 aliphatic carbocycles. The Morgan fingerprint density at radius 3 is 2.41 bits per heavy atom. The summed E-state index contributed by atoms with van der Waals surface area (Å²) < 4.78 is 11.0. The second-order valence-corrected chi connectivity index (χ2v) is 4.59. The molecule has 2 N–H and O–H groups in total. The minimum atomic E-state index is -0.0556. The molecule has 96 valence electrons. The molecular formula is C14H23NO2. The van der Waals surface area contributed by atoms with Gasteiger partial charge in [-0.15, -0.1) is 0 Å². The minimum Gasteiger partial charge on any atom is -0.491 e. The summed E-state index contributed by atoms with van der Waals surface area (Å²) in [5.41, 5.74) is 7.23. The zero-order valence-electron chi connectivity index (χ0n) is 11.1. The van der Waals surface area contributed by atoms with Crippen LogP contribution in [0.4, 0.5) is 0 Å². The Morgan fingerprint density at radius 2 is 1.82 bits per heavy atom. The Kier molecular flexibility index (Phi) is 5.45. The van der Waals surface area contributed by atoms with E-state index in [1.54, 1.807) is 7.11 Å². The average Bonchev–Trinajstić information content (AvgIpc) is 2.28. The summed E-state index contributed by atoms with van der Waals surface area (Å²) in [5, 5.41) is 0. The van der Waals surface area contributed by atoms with E-state index in [0.717, 1.165) is 17.7 Å². The van der Waals surface area contributed by atoms with E-state index in [2.05, 4.69) is 0 Å². The number of rotatable bonds is 6. The Balaban J connectivity index is 2.81. The highest BCUT2D eigenvalue weighted by molar-refractivity contribution is 5.35. The number of nitrogens with two attached hydrogens (primary N) is 1. The molecule has 3 nitrogen and oxygen atoms in total. The molecule has 0 radical (unpaired) electrons. The van der Waals surface area contributed by atoms with Gasteiger partial charge >= 0.3 is 0 Å². The Labute approximate surface area is 104 Å². The molecule has 0 aromatic heterocycles. The van der Waals surface area contributed by atoms with Gasteiger partial charge in [0.05, 0.1) is 12.2 Å². The van der Waals surface area contributed by atoms with Crippen molar-refractivity contribution < 1.29 is 9.47 Å². The van der Waals surface area contributed by atoms with Gasteiger partial charge in [-0.1, -0.05) is 18.2 Å². The highest BCUT2D eigenvalue weighted by Crippen LogP contribution is 2.27. The summed E-state index contributed by atoms with van der Waals surface area (Å²) in [7, 11) is 1.70. The van der Waals surface area contributed by atoms with Crippen molar-refractivity contribution in [2.75, 3.05) is 7.11 Å². The second-order valence-electron chi connectivity index (χ2n) is 4.59. The first kappa shape index (κ1) is 14.0. The zero-order chi connectivity index (χ0) is 12.8. The Morgan fingerprint density at radius 1 is 1.18 bits per heavy atom. The van der Waals surface area contributed by atoms with E-state index >= 15 is 0 Å². The first-order chi connectivity index (χ1) is 8.04. The van der Waals surface area contributed by atoms with Crippen LogP contribution >= 0.6 is 0 Å². The highest BCUT2D eigenvalue weighted by Gasteiger charge is 2.15. The number of para-hydroxylation sites is 1. The van der Waals surface area contributed by atoms with Gasteiger partial charge in [0.15, 0.2) is 0 Å². The number of benzene rings is 1. The van der Waals surface area contributed by atoms with Gasteiger partial charge in [0, 0.05) is 18.7 Å². The quantitative estimate of drug-likeness (QED) is 0.827. The van der Waals surface area contributed by atoms with Crippen LogP contribution in [-0.2, 0) is 4.74 Å². The van der Waals surface area contributed by atoms with Crippen LogP contribution in [0.5, 0.6) is 5.75 Å². The molecular weight excluding hydrogens is 214 g/mol. The van der Waals surface area contributed by atoms with Crippen LogP contribution in [-0.4, -0.2) is 19.3 Å². The molecule has 0 spiro atoms. The van der Waals surface area contributed by atoms with Gasteiger partial charge in [0.25, 0.3) is 0 Å². The molecule has 0 fully saturated rings.